The summed E-state index contributed by atoms with van der Waals surface area (Å²) >= 11 is 0. The second kappa shape index (κ2) is 13.0. The zero-order valence-corrected chi connectivity index (χ0v) is 21.4. The maximum Gasteiger partial charge on any atom is 0.303 e. The van der Waals surface area contributed by atoms with E-state index in [1.165, 1.54) is 6.07 Å². The van der Waals surface area contributed by atoms with Crippen LogP contribution in [-0.4, -0.2) is 24.8 Å². The molecule has 3 aromatic rings. The molecule has 1 N–H and O–H groups in total. The minimum absolute atomic E-state index is 0.0713. The van der Waals surface area contributed by atoms with Crippen LogP contribution in [0.15, 0.2) is 60.7 Å². The minimum Gasteiger partial charge on any atom is -0.497 e. The second-order valence-corrected chi connectivity index (χ2v) is 9.19. The molecule has 0 radical (unpaired) electrons. The van der Waals surface area contributed by atoms with Gasteiger partial charge in [0, 0.05) is 11.1 Å². The van der Waals surface area contributed by atoms with Gasteiger partial charge in [-0.2, -0.15) is 0 Å². The van der Waals surface area contributed by atoms with Crippen molar-refractivity contribution in [2.24, 2.45) is 5.92 Å². The highest BCUT2D eigenvalue weighted by Crippen LogP contribution is 2.36. The number of benzene rings is 3. The van der Waals surface area contributed by atoms with Crippen molar-refractivity contribution in [3.8, 4) is 28.4 Å². The van der Waals surface area contributed by atoms with Crippen molar-refractivity contribution in [3.05, 3.63) is 77.6 Å². The molecule has 0 saturated heterocycles. The summed E-state index contributed by atoms with van der Waals surface area (Å²) in [6, 6.07) is 17.9. The number of carboxylic acid groups (broad SMARTS) is 1. The van der Waals surface area contributed by atoms with Gasteiger partial charge in [-0.15, -0.1) is 0 Å². The number of hydrogen-bond donors (Lipinski definition) is 1. The molecule has 5 nitrogen and oxygen atoms in total. The molecule has 3 rings (SSSR count). The third kappa shape index (κ3) is 7.23. The van der Waals surface area contributed by atoms with E-state index in [1.807, 2.05) is 56.3 Å². The molecule has 0 bridgehead atoms. The Morgan fingerprint density at radius 1 is 0.972 bits per heavy atom. The summed E-state index contributed by atoms with van der Waals surface area (Å²) in [6.07, 6.45) is 1.95. The molecule has 1 atom stereocenters. The predicted octanol–water partition coefficient (Wildman–Crippen LogP) is 7.47. The van der Waals surface area contributed by atoms with Gasteiger partial charge >= 0.3 is 5.97 Å². The summed E-state index contributed by atoms with van der Waals surface area (Å²) in [5, 5.41) is 9.30. The summed E-state index contributed by atoms with van der Waals surface area (Å²) < 4.78 is 32.1. The normalized spacial score (nSPS) is 11.8. The van der Waals surface area contributed by atoms with Crippen molar-refractivity contribution < 1.29 is 28.5 Å². The molecular formula is C30H35FO5. The lowest BCUT2D eigenvalue weighted by atomic mass is 9.86. The number of rotatable bonds is 13. The highest BCUT2D eigenvalue weighted by atomic mass is 19.1. The van der Waals surface area contributed by atoms with Gasteiger partial charge in [-0.25, -0.2) is 4.39 Å². The zero-order valence-electron chi connectivity index (χ0n) is 21.4. The SMILES string of the molecule is CCCCOc1cc(COc2cccc([C@@H](CC(=O)O)C(C)C)c2)ccc1-c1cc(OC)ccc1F. The molecule has 0 spiro atoms. The van der Waals surface area contributed by atoms with Crippen molar-refractivity contribution in [3.63, 3.8) is 0 Å². The predicted molar refractivity (Wildman–Crippen MR) is 139 cm³/mol. The van der Waals surface area contributed by atoms with Crippen LogP contribution in [0.1, 0.15) is 57.1 Å². The van der Waals surface area contributed by atoms with Gasteiger partial charge in [0.1, 0.15) is 29.7 Å². The summed E-state index contributed by atoms with van der Waals surface area (Å²) in [6.45, 7) is 6.95. The summed E-state index contributed by atoms with van der Waals surface area (Å²) in [5.41, 5.74) is 2.89. The molecule has 0 fully saturated rings. The molecule has 0 saturated carbocycles. The molecule has 0 aliphatic heterocycles. The smallest absolute Gasteiger partial charge is 0.303 e. The van der Waals surface area contributed by atoms with Gasteiger partial charge in [-0.05, 0) is 65.8 Å². The Morgan fingerprint density at radius 2 is 1.78 bits per heavy atom. The number of unbranched alkanes of at least 4 members (excludes halogenated alkanes) is 1. The van der Waals surface area contributed by atoms with Crippen molar-refractivity contribution in [2.75, 3.05) is 13.7 Å². The number of halogens is 1. The van der Waals surface area contributed by atoms with Crippen LogP contribution >= 0.6 is 0 Å². The van der Waals surface area contributed by atoms with Crippen LogP contribution in [0.25, 0.3) is 11.1 Å². The molecule has 6 heteroatoms. The Balaban J connectivity index is 1.84. The monoisotopic (exact) mass is 494 g/mol. The molecule has 0 unspecified atom stereocenters. The molecule has 0 aromatic heterocycles. The topological polar surface area (TPSA) is 65.0 Å². The van der Waals surface area contributed by atoms with Gasteiger partial charge in [0.25, 0.3) is 0 Å². The number of hydrogen-bond acceptors (Lipinski definition) is 4. The maximum atomic E-state index is 14.7. The standard InChI is InChI=1S/C30H35FO5/c1-5-6-14-35-29-15-21(10-12-25(29)27-17-23(34-4)11-13-28(27)31)19-36-24-9-7-8-22(16-24)26(20(2)3)18-30(32)33/h7-13,15-17,20,26H,5-6,14,18-19H2,1-4H3,(H,32,33)/t26-/m0/s1. The number of ether oxygens (including phenoxy) is 3. The molecule has 192 valence electrons. The first-order valence-corrected chi connectivity index (χ1v) is 12.4. The molecular weight excluding hydrogens is 459 g/mol. The van der Waals surface area contributed by atoms with E-state index < -0.39 is 5.97 Å². The second-order valence-electron chi connectivity index (χ2n) is 9.19. The van der Waals surface area contributed by atoms with Crippen LogP contribution in [0.2, 0.25) is 0 Å². The molecule has 0 amide bonds. The highest BCUT2D eigenvalue weighted by molar-refractivity contribution is 5.72. The van der Waals surface area contributed by atoms with E-state index in [2.05, 4.69) is 6.92 Å². The van der Waals surface area contributed by atoms with Crippen LogP contribution in [0.3, 0.4) is 0 Å². The van der Waals surface area contributed by atoms with Gasteiger partial charge in [0.05, 0.1) is 20.1 Å². The fraction of sp³-hybridized carbons (Fsp3) is 0.367. The molecule has 3 aromatic carbocycles. The number of aliphatic carboxylic acids is 1. The molecule has 0 aliphatic rings. The summed E-state index contributed by atoms with van der Waals surface area (Å²) in [5.74, 6) is 0.749. The summed E-state index contributed by atoms with van der Waals surface area (Å²) in [7, 11) is 1.55. The van der Waals surface area contributed by atoms with Gasteiger partial charge in [-0.1, -0.05) is 51.5 Å². The Kier molecular flexibility index (Phi) is 9.74. The van der Waals surface area contributed by atoms with Crippen molar-refractivity contribution in [2.45, 2.75) is 52.6 Å². The molecule has 0 aliphatic carbocycles. The Labute approximate surface area is 212 Å². The lowest BCUT2D eigenvalue weighted by Gasteiger charge is -2.20. The van der Waals surface area contributed by atoms with Gasteiger partial charge < -0.3 is 19.3 Å². The van der Waals surface area contributed by atoms with Gasteiger partial charge in [-0.3, -0.25) is 4.79 Å². The Bertz CT molecular complexity index is 1160. The van der Waals surface area contributed by atoms with Crippen molar-refractivity contribution >= 4 is 5.97 Å². The number of carboxylic acids is 1. The Hall–Kier alpha value is -3.54. The third-order valence-electron chi connectivity index (χ3n) is 6.16. The van der Waals surface area contributed by atoms with E-state index in [0.29, 0.717) is 41.6 Å². The third-order valence-corrected chi connectivity index (χ3v) is 6.16. The lowest BCUT2D eigenvalue weighted by Crippen LogP contribution is -2.12. The van der Waals surface area contributed by atoms with Crippen LogP contribution < -0.4 is 14.2 Å². The number of methoxy groups -OCH3 is 1. The first kappa shape index (κ1) is 27.1. The van der Waals surface area contributed by atoms with Crippen molar-refractivity contribution in [1.29, 1.82) is 0 Å². The van der Waals surface area contributed by atoms with Crippen LogP contribution in [0, 0.1) is 11.7 Å². The van der Waals surface area contributed by atoms with Crippen LogP contribution in [0.5, 0.6) is 17.2 Å². The average Bonchev–Trinajstić information content (AvgIpc) is 2.87. The zero-order chi connectivity index (χ0) is 26.1. The molecule has 36 heavy (non-hydrogen) atoms. The molecule has 0 heterocycles. The van der Waals surface area contributed by atoms with Crippen molar-refractivity contribution in [1.82, 2.24) is 0 Å². The van der Waals surface area contributed by atoms with E-state index >= 15 is 0 Å². The summed E-state index contributed by atoms with van der Waals surface area (Å²) in [4.78, 5) is 11.3. The van der Waals surface area contributed by atoms with Gasteiger partial charge in [0.2, 0.25) is 0 Å². The fourth-order valence-electron chi connectivity index (χ4n) is 4.09. The average molecular weight is 495 g/mol. The highest BCUT2D eigenvalue weighted by Gasteiger charge is 2.20. The van der Waals surface area contributed by atoms with E-state index in [0.717, 1.165) is 24.0 Å². The Morgan fingerprint density at radius 3 is 2.47 bits per heavy atom. The largest absolute Gasteiger partial charge is 0.497 e. The first-order chi connectivity index (χ1) is 17.3. The maximum absolute atomic E-state index is 14.7. The lowest BCUT2D eigenvalue weighted by molar-refractivity contribution is -0.137. The minimum atomic E-state index is -0.816. The quantitative estimate of drug-likeness (QED) is 0.250. The first-order valence-electron chi connectivity index (χ1n) is 12.4. The fourth-order valence-corrected chi connectivity index (χ4v) is 4.09. The van der Waals surface area contributed by atoms with E-state index in [1.54, 1.807) is 19.2 Å². The van der Waals surface area contributed by atoms with Gasteiger partial charge in [0.15, 0.2) is 0 Å². The van der Waals surface area contributed by atoms with Crippen LogP contribution in [-0.2, 0) is 11.4 Å². The van der Waals surface area contributed by atoms with E-state index in [4.69, 9.17) is 14.2 Å². The number of carbonyl (C=O) groups is 1. The van der Waals surface area contributed by atoms with E-state index in [-0.39, 0.29) is 24.1 Å². The van der Waals surface area contributed by atoms with E-state index in [9.17, 15) is 14.3 Å². The van der Waals surface area contributed by atoms with Crippen LogP contribution in [0.4, 0.5) is 4.39 Å².